The Bertz CT molecular complexity index is 865. The lowest BCUT2D eigenvalue weighted by Gasteiger charge is -2.43. The Hall–Kier alpha value is -2.70. The fraction of sp³-hybridized carbons (Fsp3) is 0.391. The van der Waals surface area contributed by atoms with Gasteiger partial charge in [-0.2, -0.15) is 0 Å². The van der Waals surface area contributed by atoms with Crippen molar-refractivity contribution in [2.75, 3.05) is 18.4 Å². The molecule has 1 aliphatic carbocycles. The first-order valence-electron chi connectivity index (χ1n) is 10.2. The van der Waals surface area contributed by atoms with Crippen molar-refractivity contribution in [3.8, 4) is 0 Å². The van der Waals surface area contributed by atoms with Gasteiger partial charge in [-0.1, -0.05) is 42.5 Å². The van der Waals surface area contributed by atoms with Crippen LogP contribution in [-0.4, -0.2) is 36.1 Å². The third-order valence-electron chi connectivity index (χ3n) is 5.79. The predicted molar refractivity (Wildman–Crippen MR) is 111 cm³/mol. The number of nitrogens with one attached hydrogen (secondary N) is 3. The Balaban J connectivity index is 1.43. The van der Waals surface area contributed by atoms with Crippen LogP contribution >= 0.6 is 0 Å². The highest BCUT2D eigenvalue weighted by Gasteiger charge is 2.42. The molecule has 0 radical (unpaired) electrons. The van der Waals surface area contributed by atoms with Gasteiger partial charge in [0.1, 0.15) is 0 Å². The van der Waals surface area contributed by atoms with Crippen molar-refractivity contribution in [2.45, 2.75) is 37.3 Å². The first-order chi connectivity index (χ1) is 14.1. The molecule has 0 aromatic heterocycles. The van der Waals surface area contributed by atoms with Crippen molar-refractivity contribution >= 4 is 17.5 Å². The molecule has 2 aromatic rings. The van der Waals surface area contributed by atoms with E-state index in [2.05, 4.69) is 16.0 Å². The van der Waals surface area contributed by atoms with Crippen LogP contribution in [0.2, 0.25) is 0 Å². The summed E-state index contributed by atoms with van der Waals surface area (Å²) in [5.74, 6) is 0.0933. The lowest BCUT2D eigenvalue weighted by atomic mass is 9.79. The first-order valence-corrected chi connectivity index (χ1v) is 10.2. The summed E-state index contributed by atoms with van der Waals surface area (Å²) in [5, 5.41) is 19.9. The molecular weight excluding hydrogens is 366 g/mol. The molecule has 0 spiro atoms. The zero-order valence-electron chi connectivity index (χ0n) is 16.4. The summed E-state index contributed by atoms with van der Waals surface area (Å²) in [6.07, 6.45) is 2.06. The van der Waals surface area contributed by atoms with Crippen LogP contribution in [0.1, 0.15) is 30.4 Å². The fourth-order valence-corrected chi connectivity index (χ4v) is 3.93. The number of hydrogen-bond donors (Lipinski definition) is 4. The number of piperidine rings is 1. The molecule has 29 heavy (non-hydrogen) atoms. The molecule has 2 fully saturated rings. The van der Waals surface area contributed by atoms with Gasteiger partial charge in [0.2, 0.25) is 11.8 Å². The molecule has 1 aliphatic heterocycles. The van der Waals surface area contributed by atoms with Gasteiger partial charge in [-0.3, -0.25) is 9.59 Å². The molecular formula is C23H27N3O3. The quantitative estimate of drug-likeness (QED) is 0.604. The number of β-amino-alcohol motifs (C(OH)–C–C–N with tert-alkyl or cyclic N) is 1. The monoisotopic (exact) mass is 393 g/mol. The summed E-state index contributed by atoms with van der Waals surface area (Å²) in [6.45, 7) is 1.16. The zero-order chi connectivity index (χ0) is 20.3. The highest BCUT2D eigenvalue weighted by atomic mass is 16.3. The Morgan fingerprint density at radius 3 is 2.45 bits per heavy atom. The largest absolute Gasteiger partial charge is 0.389 e. The molecule has 2 atom stereocenters. The number of rotatable bonds is 6. The average molecular weight is 393 g/mol. The lowest BCUT2D eigenvalue weighted by Crippen LogP contribution is -2.61. The van der Waals surface area contributed by atoms with Crippen LogP contribution in [0.4, 0.5) is 5.69 Å². The van der Waals surface area contributed by atoms with E-state index in [9.17, 15) is 14.7 Å². The minimum absolute atomic E-state index is 0.0696. The van der Waals surface area contributed by atoms with Crippen molar-refractivity contribution in [1.82, 2.24) is 10.6 Å². The van der Waals surface area contributed by atoms with E-state index in [4.69, 9.17) is 0 Å². The topological polar surface area (TPSA) is 90.5 Å². The number of aliphatic hydroxyl groups excluding tert-OH is 1. The van der Waals surface area contributed by atoms with Gasteiger partial charge < -0.3 is 21.1 Å². The second-order valence-electron chi connectivity index (χ2n) is 7.99. The van der Waals surface area contributed by atoms with E-state index in [0.717, 1.165) is 36.2 Å². The Morgan fingerprint density at radius 1 is 1.07 bits per heavy atom. The van der Waals surface area contributed by atoms with Crippen LogP contribution in [0.5, 0.6) is 0 Å². The molecule has 152 valence electrons. The minimum Gasteiger partial charge on any atom is -0.389 e. The van der Waals surface area contributed by atoms with Crippen LogP contribution in [0.25, 0.3) is 0 Å². The molecule has 2 aliphatic rings. The Morgan fingerprint density at radius 2 is 1.79 bits per heavy atom. The van der Waals surface area contributed by atoms with Gasteiger partial charge in [0.05, 0.1) is 18.1 Å². The Labute approximate surface area is 170 Å². The van der Waals surface area contributed by atoms with Gasteiger partial charge >= 0.3 is 0 Å². The van der Waals surface area contributed by atoms with Crippen LogP contribution < -0.4 is 16.0 Å². The molecule has 0 unspecified atom stereocenters. The highest BCUT2D eigenvalue weighted by molar-refractivity contribution is 5.94. The van der Waals surface area contributed by atoms with Crippen LogP contribution in [0.3, 0.4) is 0 Å². The third-order valence-corrected chi connectivity index (χ3v) is 5.79. The van der Waals surface area contributed by atoms with Crippen molar-refractivity contribution in [2.24, 2.45) is 5.92 Å². The van der Waals surface area contributed by atoms with E-state index in [1.54, 1.807) is 0 Å². The van der Waals surface area contributed by atoms with E-state index in [1.807, 2.05) is 54.6 Å². The smallest absolute Gasteiger partial charge is 0.227 e. The van der Waals surface area contributed by atoms with Gasteiger partial charge in [-0.05, 0) is 49.1 Å². The SMILES string of the molecule is O=C(Cc1ccc(NC(=O)C2CC2)cc1)N[C@@]1(c2ccccc2)CCNC[C@H]1O. The van der Waals surface area contributed by atoms with Crippen LogP contribution in [0.15, 0.2) is 54.6 Å². The summed E-state index contributed by atoms with van der Waals surface area (Å²) >= 11 is 0. The molecule has 4 N–H and O–H groups in total. The number of anilines is 1. The number of amides is 2. The number of aliphatic hydroxyl groups is 1. The number of carbonyl (C=O) groups is 2. The van der Waals surface area contributed by atoms with Gasteiger partial charge in [0.25, 0.3) is 0 Å². The number of hydrogen-bond acceptors (Lipinski definition) is 4. The number of benzene rings is 2. The van der Waals surface area contributed by atoms with E-state index >= 15 is 0 Å². The normalized spacial score (nSPS) is 24.0. The predicted octanol–water partition coefficient (Wildman–Crippen LogP) is 1.94. The molecule has 1 saturated carbocycles. The summed E-state index contributed by atoms with van der Waals surface area (Å²) in [7, 11) is 0. The van der Waals surface area contributed by atoms with Crippen molar-refractivity contribution < 1.29 is 14.7 Å². The summed E-state index contributed by atoms with van der Waals surface area (Å²) < 4.78 is 0. The van der Waals surface area contributed by atoms with Crippen LogP contribution in [-0.2, 0) is 21.5 Å². The molecule has 6 heteroatoms. The second-order valence-corrected chi connectivity index (χ2v) is 7.99. The maximum atomic E-state index is 12.9. The molecule has 1 saturated heterocycles. The second kappa shape index (κ2) is 8.35. The maximum Gasteiger partial charge on any atom is 0.227 e. The highest BCUT2D eigenvalue weighted by Crippen LogP contribution is 2.32. The van der Waals surface area contributed by atoms with E-state index < -0.39 is 11.6 Å². The molecule has 2 aromatic carbocycles. The van der Waals surface area contributed by atoms with Gasteiger partial charge in [0, 0.05) is 18.2 Å². The average Bonchev–Trinajstić information content (AvgIpc) is 3.57. The van der Waals surface area contributed by atoms with Crippen LogP contribution in [0, 0.1) is 5.92 Å². The summed E-state index contributed by atoms with van der Waals surface area (Å²) in [5.41, 5.74) is 1.74. The summed E-state index contributed by atoms with van der Waals surface area (Å²) in [6, 6.07) is 17.0. The van der Waals surface area contributed by atoms with Gasteiger partial charge in [-0.15, -0.1) is 0 Å². The standard InChI is InChI=1S/C23H27N3O3/c27-20-15-24-13-12-23(20,18-4-2-1-3-5-18)26-21(28)14-16-6-10-19(11-7-16)25-22(29)17-8-9-17/h1-7,10-11,17,20,24,27H,8-9,12-15H2,(H,25,29)(H,26,28)/t20-,23-/m1/s1. The number of carbonyl (C=O) groups excluding carboxylic acids is 2. The zero-order valence-corrected chi connectivity index (χ0v) is 16.4. The lowest BCUT2D eigenvalue weighted by molar-refractivity contribution is -0.125. The molecule has 0 bridgehead atoms. The molecule has 6 nitrogen and oxygen atoms in total. The van der Waals surface area contributed by atoms with Crippen molar-refractivity contribution in [3.05, 3.63) is 65.7 Å². The minimum atomic E-state index is -0.790. The van der Waals surface area contributed by atoms with E-state index in [-0.39, 0.29) is 24.2 Å². The molecule has 2 amide bonds. The fourth-order valence-electron chi connectivity index (χ4n) is 3.93. The van der Waals surface area contributed by atoms with E-state index in [0.29, 0.717) is 13.0 Å². The first kappa shape index (κ1) is 19.6. The van der Waals surface area contributed by atoms with Gasteiger partial charge in [-0.25, -0.2) is 0 Å². The molecule has 1 heterocycles. The van der Waals surface area contributed by atoms with Gasteiger partial charge in [0.15, 0.2) is 0 Å². The maximum absolute atomic E-state index is 12.9. The summed E-state index contributed by atoms with van der Waals surface area (Å²) in [4.78, 5) is 24.7. The Kier molecular flexibility index (Phi) is 5.65. The third kappa shape index (κ3) is 4.49. The van der Waals surface area contributed by atoms with Crippen molar-refractivity contribution in [1.29, 1.82) is 0 Å². The van der Waals surface area contributed by atoms with Crippen molar-refractivity contribution in [3.63, 3.8) is 0 Å². The molecule has 4 rings (SSSR count). The van der Waals surface area contributed by atoms with E-state index in [1.165, 1.54) is 0 Å².